The van der Waals surface area contributed by atoms with Gasteiger partial charge in [0.2, 0.25) is 5.91 Å². The molecule has 1 aliphatic rings. The monoisotopic (exact) mass is 574 g/mol. The summed E-state index contributed by atoms with van der Waals surface area (Å²) in [5.74, 6) is 0.781. The topological polar surface area (TPSA) is 70.1 Å². The van der Waals surface area contributed by atoms with E-state index in [9.17, 15) is 4.79 Å². The molecule has 1 unspecified atom stereocenters. The number of carbonyl (C=O) groups is 1. The van der Waals surface area contributed by atoms with Crippen LogP contribution in [0.1, 0.15) is 54.7 Å². The molecule has 1 atom stereocenters. The van der Waals surface area contributed by atoms with Crippen molar-refractivity contribution in [2.75, 3.05) is 43.7 Å². The van der Waals surface area contributed by atoms with Gasteiger partial charge < -0.3 is 27.5 Å². The van der Waals surface area contributed by atoms with Gasteiger partial charge in [0, 0.05) is 47.1 Å². The number of alkyl halides is 1. The van der Waals surface area contributed by atoms with E-state index in [2.05, 4.69) is 26.2 Å². The van der Waals surface area contributed by atoms with Crippen LogP contribution >= 0.6 is 24.0 Å². The fourth-order valence-corrected chi connectivity index (χ4v) is 5.65. The molecule has 1 amide bonds. The number of nitrogen functional groups attached to an aromatic ring is 1. The Morgan fingerprint density at radius 3 is 2.39 bits per heavy atom. The van der Waals surface area contributed by atoms with Crippen molar-refractivity contribution in [3.63, 3.8) is 0 Å². The average Bonchev–Trinajstić information content (AvgIpc) is 3.25. The van der Waals surface area contributed by atoms with Crippen LogP contribution in [0.25, 0.3) is 10.8 Å². The van der Waals surface area contributed by atoms with Crippen molar-refractivity contribution in [2.24, 2.45) is 0 Å². The van der Waals surface area contributed by atoms with Crippen LogP contribution in [-0.4, -0.2) is 43.5 Å². The van der Waals surface area contributed by atoms with Gasteiger partial charge in [0.1, 0.15) is 6.54 Å². The normalized spacial score (nSPS) is 14.4. The van der Waals surface area contributed by atoms with Crippen molar-refractivity contribution in [2.45, 2.75) is 44.6 Å². The lowest BCUT2D eigenvalue weighted by Gasteiger charge is -2.30. The Balaban J connectivity index is 0.00000253. The van der Waals surface area contributed by atoms with E-state index in [1.807, 2.05) is 53.4 Å². The molecule has 1 aliphatic heterocycles. The van der Waals surface area contributed by atoms with Gasteiger partial charge in [0.25, 0.3) is 0 Å². The molecule has 38 heavy (non-hydrogen) atoms. The number of carbonyl (C=O) groups excluding carboxylic acids is 1. The molecule has 0 aromatic heterocycles. The van der Waals surface area contributed by atoms with E-state index < -0.39 is 0 Å². The lowest BCUT2D eigenvalue weighted by molar-refractivity contribution is -0.903. The van der Waals surface area contributed by atoms with Crippen LogP contribution < -0.4 is 23.0 Å². The third-order valence-corrected chi connectivity index (χ3v) is 7.66. The van der Waals surface area contributed by atoms with E-state index >= 15 is 0 Å². The standard InChI is InChI=1S/C30H36ClN4O.2ClH/c1-35(2,21-23-14-12-22(19-32)13-15-23)16-8-4-3-5-11-29(36)34-20-24(18-31)30-26-10-7-6-9-25(26)27(33)17-28(30)34;;/h6-7,9-10,12-15,17,24H,3-5,8,11,16,18,20-21,33H2,1-2H3;2*1H/q+1;;/p-1. The molecule has 0 saturated carbocycles. The summed E-state index contributed by atoms with van der Waals surface area (Å²) >= 11 is 6.33. The number of amides is 1. The van der Waals surface area contributed by atoms with Gasteiger partial charge in [-0.1, -0.05) is 42.8 Å². The van der Waals surface area contributed by atoms with E-state index in [-0.39, 0.29) is 36.6 Å². The molecule has 0 saturated heterocycles. The first-order valence-corrected chi connectivity index (χ1v) is 13.3. The third kappa shape index (κ3) is 7.33. The second-order valence-corrected chi connectivity index (χ2v) is 10.9. The second-order valence-electron chi connectivity index (χ2n) is 10.6. The second kappa shape index (κ2) is 14.1. The molecule has 0 fully saturated rings. The quantitative estimate of drug-likeness (QED) is 0.174. The van der Waals surface area contributed by atoms with Crippen LogP contribution in [0.5, 0.6) is 0 Å². The summed E-state index contributed by atoms with van der Waals surface area (Å²) in [6, 6.07) is 20.1. The molecule has 4 rings (SSSR count). The van der Waals surface area contributed by atoms with Crippen molar-refractivity contribution in [1.82, 2.24) is 0 Å². The highest BCUT2D eigenvalue weighted by atomic mass is 35.5. The van der Waals surface area contributed by atoms with Gasteiger partial charge in [-0.3, -0.25) is 4.79 Å². The Bertz CT molecular complexity index is 1270. The number of unbranched alkanes of at least 4 members (excludes halogenated alkanes) is 3. The number of nitriles is 1. The van der Waals surface area contributed by atoms with Gasteiger partial charge in [-0.05, 0) is 48.4 Å². The largest absolute Gasteiger partial charge is 1.00 e. The molecule has 8 heteroatoms. The van der Waals surface area contributed by atoms with Crippen molar-refractivity contribution >= 4 is 52.1 Å². The van der Waals surface area contributed by atoms with E-state index in [0.717, 1.165) is 65.3 Å². The lowest BCUT2D eigenvalue weighted by atomic mass is 9.95. The van der Waals surface area contributed by atoms with Crippen LogP contribution in [0.15, 0.2) is 54.6 Å². The smallest absolute Gasteiger partial charge is 0.227 e. The van der Waals surface area contributed by atoms with E-state index in [4.69, 9.17) is 22.6 Å². The molecular weight excluding hydrogens is 539 g/mol. The molecule has 204 valence electrons. The molecule has 0 aliphatic carbocycles. The van der Waals surface area contributed by atoms with Crippen molar-refractivity contribution in [3.8, 4) is 6.07 Å². The molecular formula is C30H37Cl3N4O. The Kier molecular flexibility index (Phi) is 11.7. The van der Waals surface area contributed by atoms with E-state index in [1.165, 1.54) is 5.56 Å². The maximum atomic E-state index is 13.2. The highest BCUT2D eigenvalue weighted by Gasteiger charge is 2.33. The average molecular weight is 576 g/mol. The molecule has 0 spiro atoms. The van der Waals surface area contributed by atoms with Crippen LogP contribution in [-0.2, 0) is 11.3 Å². The zero-order valence-corrected chi connectivity index (χ0v) is 24.5. The fraction of sp³-hybridized carbons (Fsp3) is 0.400. The number of fused-ring (bicyclic) bond motifs is 3. The van der Waals surface area contributed by atoms with Gasteiger partial charge in [-0.15, -0.1) is 24.0 Å². The third-order valence-electron chi connectivity index (χ3n) is 7.28. The summed E-state index contributed by atoms with van der Waals surface area (Å²) in [7, 11) is 4.49. The van der Waals surface area contributed by atoms with Crippen molar-refractivity contribution in [1.29, 1.82) is 5.26 Å². The van der Waals surface area contributed by atoms with Gasteiger partial charge in [-0.25, -0.2) is 0 Å². The molecule has 0 radical (unpaired) electrons. The summed E-state index contributed by atoms with van der Waals surface area (Å²) in [6.45, 7) is 2.65. The van der Waals surface area contributed by atoms with Crippen molar-refractivity contribution in [3.05, 3.63) is 71.3 Å². The fourth-order valence-electron chi connectivity index (χ4n) is 5.40. The number of benzene rings is 3. The van der Waals surface area contributed by atoms with Crippen LogP contribution in [0, 0.1) is 11.3 Å². The molecule has 3 aromatic carbocycles. The highest BCUT2D eigenvalue weighted by Crippen LogP contribution is 2.44. The first-order valence-electron chi connectivity index (χ1n) is 12.8. The van der Waals surface area contributed by atoms with Crippen LogP contribution in [0.3, 0.4) is 0 Å². The predicted molar refractivity (Wildman–Crippen MR) is 156 cm³/mol. The number of rotatable bonds is 10. The minimum atomic E-state index is 0. The first-order chi connectivity index (χ1) is 17.3. The van der Waals surface area contributed by atoms with Gasteiger partial charge in [0.15, 0.2) is 0 Å². The van der Waals surface area contributed by atoms with Crippen LogP contribution in [0.2, 0.25) is 0 Å². The maximum Gasteiger partial charge on any atom is 0.227 e. The summed E-state index contributed by atoms with van der Waals surface area (Å²) in [5.41, 5.74) is 11.1. The number of nitrogens with two attached hydrogens (primary N) is 1. The lowest BCUT2D eigenvalue weighted by Crippen LogP contribution is -3.00. The zero-order chi connectivity index (χ0) is 25.7. The molecule has 3 aromatic rings. The summed E-state index contributed by atoms with van der Waals surface area (Å²) < 4.78 is 0.907. The van der Waals surface area contributed by atoms with E-state index in [0.29, 0.717) is 30.1 Å². The minimum absolute atomic E-state index is 0. The predicted octanol–water partition coefficient (Wildman–Crippen LogP) is 3.62. The molecule has 2 N–H and O–H groups in total. The Labute approximate surface area is 244 Å². The van der Waals surface area contributed by atoms with Crippen molar-refractivity contribution < 1.29 is 21.7 Å². The summed E-state index contributed by atoms with van der Waals surface area (Å²) in [5, 5.41) is 11.1. The van der Waals surface area contributed by atoms with Crippen LogP contribution in [0.4, 0.5) is 11.4 Å². The molecule has 5 nitrogen and oxygen atoms in total. The van der Waals surface area contributed by atoms with Gasteiger partial charge in [0.05, 0.1) is 32.3 Å². The van der Waals surface area contributed by atoms with Gasteiger partial charge >= 0.3 is 0 Å². The zero-order valence-electron chi connectivity index (χ0n) is 22.1. The summed E-state index contributed by atoms with van der Waals surface area (Å²) in [6.07, 6.45) is 4.72. The number of hydrogen-bond acceptors (Lipinski definition) is 3. The number of quaternary nitrogens is 1. The molecule has 1 heterocycles. The SMILES string of the molecule is C[N+](C)(CCCCCCC(=O)N1CC(CCl)c2c1cc(N)c1ccccc21)Cc1ccc(C#N)cc1.Cl.[Cl-]. The Hall–Kier alpha value is -2.49. The number of nitrogens with zero attached hydrogens (tertiary/aromatic N) is 3. The Morgan fingerprint density at radius 1 is 1.08 bits per heavy atom. The Morgan fingerprint density at radius 2 is 1.74 bits per heavy atom. The van der Waals surface area contributed by atoms with E-state index in [1.54, 1.807) is 0 Å². The maximum absolute atomic E-state index is 13.2. The highest BCUT2D eigenvalue weighted by molar-refractivity contribution is 6.19. The van der Waals surface area contributed by atoms with Gasteiger partial charge in [-0.2, -0.15) is 5.26 Å². The summed E-state index contributed by atoms with van der Waals surface area (Å²) in [4.78, 5) is 15.1. The number of hydrogen-bond donors (Lipinski definition) is 1. The number of halogens is 3. The first kappa shape index (κ1) is 31.7. The number of anilines is 2. The minimum Gasteiger partial charge on any atom is -1.00 e. The molecule has 0 bridgehead atoms.